The lowest BCUT2D eigenvalue weighted by Gasteiger charge is -2.35. The van der Waals surface area contributed by atoms with E-state index in [2.05, 4.69) is 23.5 Å². The van der Waals surface area contributed by atoms with E-state index in [9.17, 15) is 4.79 Å². The number of para-hydroxylation sites is 1. The van der Waals surface area contributed by atoms with Crippen molar-refractivity contribution in [2.45, 2.75) is 32.7 Å². The van der Waals surface area contributed by atoms with Crippen LogP contribution in [0.1, 0.15) is 29.7 Å². The maximum absolute atomic E-state index is 13.4. The fourth-order valence-electron chi connectivity index (χ4n) is 4.18. The molecule has 6 heteroatoms. The van der Waals surface area contributed by atoms with Gasteiger partial charge in [-0.25, -0.2) is 0 Å². The largest absolute Gasteiger partial charge is 0.496 e. The molecule has 0 saturated carbocycles. The molecule has 1 aliphatic rings. The lowest BCUT2D eigenvalue weighted by molar-refractivity contribution is -0.137. The Morgan fingerprint density at radius 2 is 1.87 bits per heavy atom. The fourth-order valence-corrected chi connectivity index (χ4v) is 4.18. The Labute approximate surface area is 182 Å². The molecule has 1 aromatic heterocycles. The molecule has 0 spiro atoms. The van der Waals surface area contributed by atoms with Crippen molar-refractivity contribution in [3.63, 3.8) is 0 Å². The van der Waals surface area contributed by atoms with Gasteiger partial charge in [-0.2, -0.15) is 0 Å². The monoisotopic (exact) mass is 420 g/mol. The highest BCUT2D eigenvalue weighted by Crippen LogP contribution is 2.36. The number of aromatic nitrogens is 1. The number of nitrogens with zero attached hydrogens (tertiary/aromatic N) is 1. The van der Waals surface area contributed by atoms with Gasteiger partial charge in [-0.15, -0.1) is 0 Å². The standard InChI is InChI=1S/C25H28N2O4/c1-18-7-3-5-9-21(18)22-15-20(31-27-22)16-25(11-13-30-14-12-25)24(28)26-17-19-8-4-6-10-23(19)29-2/h3-10,15H,11-14,16-17H2,1-2H3,(H,26,28). The topological polar surface area (TPSA) is 73.6 Å². The molecule has 2 aromatic carbocycles. The molecular formula is C25H28N2O4. The highest BCUT2D eigenvalue weighted by atomic mass is 16.5. The van der Waals surface area contributed by atoms with Gasteiger partial charge < -0.3 is 19.3 Å². The summed E-state index contributed by atoms with van der Waals surface area (Å²) in [5.74, 6) is 1.49. The summed E-state index contributed by atoms with van der Waals surface area (Å²) in [6.45, 7) is 3.58. The van der Waals surface area contributed by atoms with Crippen molar-refractivity contribution >= 4 is 5.91 Å². The van der Waals surface area contributed by atoms with E-state index in [-0.39, 0.29) is 5.91 Å². The number of rotatable bonds is 7. The number of hydrogen-bond acceptors (Lipinski definition) is 5. The number of methoxy groups -OCH3 is 1. The number of aryl methyl sites for hydroxylation is 1. The molecule has 1 aliphatic heterocycles. The van der Waals surface area contributed by atoms with Crippen LogP contribution in [0.25, 0.3) is 11.3 Å². The Kier molecular flexibility index (Phi) is 6.37. The highest BCUT2D eigenvalue weighted by molar-refractivity contribution is 5.83. The van der Waals surface area contributed by atoms with Gasteiger partial charge >= 0.3 is 0 Å². The van der Waals surface area contributed by atoms with E-state index in [0.29, 0.717) is 44.8 Å². The molecule has 2 heterocycles. The SMILES string of the molecule is COc1ccccc1CNC(=O)C1(Cc2cc(-c3ccccc3C)no2)CCOCC1. The molecule has 1 fully saturated rings. The fraction of sp³-hybridized carbons (Fsp3) is 0.360. The second kappa shape index (κ2) is 9.35. The molecule has 1 amide bonds. The van der Waals surface area contributed by atoms with E-state index < -0.39 is 5.41 Å². The molecule has 1 N–H and O–H groups in total. The first-order valence-corrected chi connectivity index (χ1v) is 10.6. The van der Waals surface area contributed by atoms with Crippen molar-refractivity contribution in [3.05, 3.63) is 71.5 Å². The predicted molar refractivity (Wildman–Crippen MR) is 118 cm³/mol. The summed E-state index contributed by atoms with van der Waals surface area (Å²) in [4.78, 5) is 13.4. The summed E-state index contributed by atoms with van der Waals surface area (Å²) >= 11 is 0. The van der Waals surface area contributed by atoms with Crippen molar-refractivity contribution in [1.29, 1.82) is 0 Å². The van der Waals surface area contributed by atoms with Gasteiger partial charge in [-0.1, -0.05) is 47.6 Å². The summed E-state index contributed by atoms with van der Waals surface area (Å²) in [6, 6.07) is 17.7. The number of ether oxygens (including phenoxy) is 2. The van der Waals surface area contributed by atoms with Crippen LogP contribution in [0.5, 0.6) is 5.75 Å². The zero-order valence-electron chi connectivity index (χ0n) is 18.0. The van der Waals surface area contributed by atoms with Crippen molar-refractivity contribution in [2.24, 2.45) is 5.41 Å². The van der Waals surface area contributed by atoms with Gasteiger partial charge in [0.15, 0.2) is 0 Å². The average Bonchev–Trinajstić information content (AvgIpc) is 3.26. The first kappa shape index (κ1) is 21.1. The Hall–Kier alpha value is -3.12. The second-order valence-corrected chi connectivity index (χ2v) is 8.06. The predicted octanol–water partition coefficient (Wildman–Crippen LogP) is 4.31. The Morgan fingerprint density at radius 3 is 2.65 bits per heavy atom. The molecule has 0 atom stereocenters. The minimum absolute atomic E-state index is 0.00977. The summed E-state index contributed by atoms with van der Waals surface area (Å²) in [7, 11) is 1.64. The van der Waals surface area contributed by atoms with Crippen LogP contribution >= 0.6 is 0 Å². The normalized spacial score (nSPS) is 15.4. The van der Waals surface area contributed by atoms with E-state index in [0.717, 1.165) is 28.1 Å². The van der Waals surface area contributed by atoms with E-state index in [1.165, 1.54) is 0 Å². The summed E-state index contributed by atoms with van der Waals surface area (Å²) in [6.07, 6.45) is 1.78. The van der Waals surface area contributed by atoms with Crippen molar-refractivity contribution in [2.75, 3.05) is 20.3 Å². The molecule has 0 unspecified atom stereocenters. The van der Waals surface area contributed by atoms with Crippen molar-refractivity contribution < 1.29 is 18.8 Å². The Bertz CT molecular complexity index is 1040. The smallest absolute Gasteiger partial charge is 0.227 e. The van der Waals surface area contributed by atoms with E-state index in [1.54, 1.807) is 7.11 Å². The maximum atomic E-state index is 13.4. The van der Waals surface area contributed by atoms with Gasteiger partial charge in [0.05, 0.1) is 12.5 Å². The minimum Gasteiger partial charge on any atom is -0.496 e. The maximum Gasteiger partial charge on any atom is 0.227 e. The minimum atomic E-state index is -0.581. The first-order valence-electron chi connectivity index (χ1n) is 10.6. The number of amides is 1. The number of carbonyl (C=O) groups excluding carboxylic acids is 1. The second-order valence-electron chi connectivity index (χ2n) is 8.06. The van der Waals surface area contributed by atoms with Crippen LogP contribution in [-0.4, -0.2) is 31.4 Å². The molecule has 3 aromatic rings. The molecule has 6 nitrogen and oxygen atoms in total. The molecule has 31 heavy (non-hydrogen) atoms. The third kappa shape index (κ3) is 4.64. The van der Waals surface area contributed by atoms with E-state index >= 15 is 0 Å². The number of nitrogens with one attached hydrogen (secondary N) is 1. The van der Waals surface area contributed by atoms with Crippen LogP contribution in [0.4, 0.5) is 0 Å². The summed E-state index contributed by atoms with van der Waals surface area (Å²) in [5.41, 5.74) is 3.34. The Morgan fingerprint density at radius 1 is 1.13 bits per heavy atom. The Balaban J connectivity index is 1.51. The van der Waals surface area contributed by atoms with Gasteiger partial charge in [-0.3, -0.25) is 4.79 Å². The summed E-state index contributed by atoms with van der Waals surface area (Å²) < 4.78 is 16.6. The van der Waals surface area contributed by atoms with Gasteiger partial charge in [0.1, 0.15) is 17.2 Å². The van der Waals surface area contributed by atoms with Crippen LogP contribution in [0, 0.1) is 12.3 Å². The highest BCUT2D eigenvalue weighted by Gasteiger charge is 2.41. The molecule has 0 radical (unpaired) electrons. The van der Waals surface area contributed by atoms with E-state index in [1.807, 2.05) is 48.5 Å². The van der Waals surface area contributed by atoms with Gasteiger partial charge in [0.2, 0.25) is 5.91 Å². The molecule has 0 aliphatic carbocycles. The lowest BCUT2D eigenvalue weighted by atomic mass is 9.75. The zero-order chi connectivity index (χ0) is 21.7. The average molecular weight is 421 g/mol. The van der Waals surface area contributed by atoms with Crippen molar-refractivity contribution in [1.82, 2.24) is 10.5 Å². The molecule has 162 valence electrons. The number of hydrogen-bond donors (Lipinski definition) is 1. The van der Waals surface area contributed by atoms with Gasteiger partial charge in [0.25, 0.3) is 0 Å². The van der Waals surface area contributed by atoms with Crippen molar-refractivity contribution in [3.8, 4) is 17.0 Å². The van der Waals surface area contributed by atoms with Gasteiger partial charge in [0, 0.05) is 43.4 Å². The zero-order valence-corrected chi connectivity index (χ0v) is 18.0. The van der Waals surface area contributed by atoms with Crippen LogP contribution in [0.3, 0.4) is 0 Å². The quantitative estimate of drug-likeness (QED) is 0.616. The van der Waals surface area contributed by atoms with E-state index in [4.69, 9.17) is 14.0 Å². The lowest BCUT2D eigenvalue weighted by Crippen LogP contribution is -2.45. The molecule has 0 bridgehead atoms. The molecule has 4 rings (SSSR count). The summed E-state index contributed by atoms with van der Waals surface area (Å²) in [5, 5.41) is 7.38. The third-order valence-electron chi connectivity index (χ3n) is 6.06. The first-order chi connectivity index (χ1) is 15.1. The number of carbonyl (C=O) groups is 1. The van der Waals surface area contributed by atoms with Crippen LogP contribution in [0.2, 0.25) is 0 Å². The molecular weight excluding hydrogens is 392 g/mol. The third-order valence-corrected chi connectivity index (χ3v) is 6.06. The van der Waals surface area contributed by atoms with Crippen LogP contribution in [0.15, 0.2) is 59.1 Å². The van der Waals surface area contributed by atoms with Gasteiger partial charge in [-0.05, 0) is 31.4 Å². The number of benzene rings is 2. The van der Waals surface area contributed by atoms with Crippen LogP contribution in [-0.2, 0) is 22.5 Å². The molecule has 1 saturated heterocycles. The van der Waals surface area contributed by atoms with Crippen LogP contribution < -0.4 is 10.1 Å².